The molecule has 4 rings (SSSR count). The van der Waals surface area contributed by atoms with Crippen LogP contribution in [0.4, 0.5) is 5.69 Å². The number of hydrogen-bond donors (Lipinski definition) is 1. The lowest BCUT2D eigenvalue weighted by Gasteiger charge is -2.08. The maximum absolute atomic E-state index is 12.4. The van der Waals surface area contributed by atoms with Crippen molar-refractivity contribution in [2.45, 2.75) is 27.7 Å². The fourth-order valence-corrected chi connectivity index (χ4v) is 3.14. The maximum Gasteiger partial charge on any atom is 0.259 e. The van der Waals surface area contributed by atoms with Crippen LogP contribution >= 0.6 is 0 Å². The zero-order valence-electron chi connectivity index (χ0n) is 17.1. The number of furan rings is 1. The highest BCUT2D eigenvalue weighted by atomic mass is 16.5. The molecule has 8 heteroatoms. The Hall–Kier alpha value is -3.94. The van der Waals surface area contributed by atoms with Crippen molar-refractivity contribution in [3.8, 4) is 17.4 Å². The van der Waals surface area contributed by atoms with Crippen molar-refractivity contribution in [3.63, 3.8) is 0 Å². The molecule has 3 aromatic heterocycles. The molecule has 1 N–H and O–H groups in total. The van der Waals surface area contributed by atoms with Crippen molar-refractivity contribution in [1.29, 1.82) is 0 Å². The van der Waals surface area contributed by atoms with Gasteiger partial charge in [-0.1, -0.05) is 0 Å². The van der Waals surface area contributed by atoms with Crippen LogP contribution in [0.15, 0.2) is 53.2 Å². The molecule has 0 aliphatic carbocycles. The first-order chi connectivity index (χ1) is 14.4. The highest BCUT2D eigenvalue weighted by Gasteiger charge is 2.14. The van der Waals surface area contributed by atoms with Crippen LogP contribution in [-0.2, 0) is 0 Å². The van der Waals surface area contributed by atoms with Gasteiger partial charge in [0.2, 0.25) is 5.88 Å². The Bertz CT molecular complexity index is 1210. The summed E-state index contributed by atoms with van der Waals surface area (Å²) in [4.78, 5) is 20.8. The number of ether oxygens (including phenoxy) is 1. The molecule has 0 aliphatic heterocycles. The number of nitrogens with zero attached hydrogens (tertiary/aromatic N) is 4. The van der Waals surface area contributed by atoms with Gasteiger partial charge in [-0.05, 0) is 64.1 Å². The molecule has 0 bridgehead atoms. The molecule has 0 saturated carbocycles. The number of amides is 1. The Morgan fingerprint density at radius 3 is 2.43 bits per heavy atom. The molecule has 0 fully saturated rings. The Morgan fingerprint density at radius 2 is 1.80 bits per heavy atom. The molecule has 0 atom stereocenters. The van der Waals surface area contributed by atoms with Crippen molar-refractivity contribution in [1.82, 2.24) is 19.7 Å². The Labute approximate surface area is 173 Å². The molecular formula is C22H21N5O3. The van der Waals surface area contributed by atoms with Gasteiger partial charge in [-0.15, -0.1) is 0 Å². The fraction of sp³-hybridized carbons (Fsp3) is 0.182. The number of hydrogen-bond acceptors (Lipinski definition) is 6. The molecule has 4 aromatic rings. The standard InChI is InChI=1S/C22H21N5O3/c1-13-9-14(2)27(26-13)20-11-21(24-12-23-20)30-18-7-5-17(6-8-18)25-22(28)19-10-15(3)29-16(19)4/h5-12H,1-4H3,(H,25,28). The predicted octanol–water partition coefficient (Wildman–Crippen LogP) is 4.53. The lowest BCUT2D eigenvalue weighted by atomic mass is 10.2. The van der Waals surface area contributed by atoms with Gasteiger partial charge in [0.1, 0.15) is 23.6 Å². The van der Waals surface area contributed by atoms with Crippen LogP contribution in [0.2, 0.25) is 0 Å². The van der Waals surface area contributed by atoms with Gasteiger partial charge in [0.05, 0.1) is 11.3 Å². The van der Waals surface area contributed by atoms with Crippen LogP contribution in [0, 0.1) is 27.7 Å². The van der Waals surface area contributed by atoms with E-state index in [1.807, 2.05) is 26.8 Å². The second kappa shape index (κ2) is 7.82. The average molecular weight is 403 g/mol. The second-order valence-corrected chi connectivity index (χ2v) is 6.96. The number of anilines is 1. The van der Waals surface area contributed by atoms with Gasteiger partial charge in [-0.25, -0.2) is 14.6 Å². The molecule has 0 unspecified atom stereocenters. The Morgan fingerprint density at radius 1 is 1.03 bits per heavy atom. The number of carbonyl (C=O) groups is 1. The summed E-state index contributed by atoms with van der Waals surface area (Å²) < 4.78 is 13.0. The quantitative estimate of drug-likeness (QED) is 0.526. The van der Waals surface area contributed by atoms with Gasteiger partial charge in [-0.3, -0.25) is 4.79 Å². The summed E-state index contributed by atoms with van der Waals surface area (Å²) in [6.45, 7) is 7.46. The summed E-state index contributed by atoms with van der Waals surface area (Å²) in [5, 5.41) is 7.28. The average Bonchev–Trinajstić information content (AvgIpc) is 3.23. The molecule has 152 valence electrons. The number of carbonyl (C=O) groups excluding carboxylic acids is 1. The van der Waals surface area contributed by atoms with Gasteiger partial charge in [0.15, 0.2) is 5.82 Å². The van der Waals surface area contributed by atoms with Crippen LogP contribution in [-0.4, -0.2) is 25.7 Å². The van der Waals surface area contributed by atoms with Gasteiger partial charge >= 0.3 is 0 Å². The van der Waals surface area contributed by atoms with E-state index in [2.05, 4.69) is 20.4 Å². The number of rotatable bonds is 5. The SMILES string of the molecule is Cc1cc(C)n(-c2cc(Oc3ccc(NC(=O)c4cc(C)oc4C)cc3)ncn2)n1. The van der Waals surface area contributed by atoms with Gasteiger partial charge in [-0.2, -0.15) is 5.10 Å². The summed E-state index contributed by atoms with van der Waals surface area (Å²) in [6, 6.07) is 12.5. The Balaban J connectivity index is 1.46. The first-order valence-electron chi connectivity index (χ1n) is 9.41. The van der Waals surface area contributed by atoms with E-state index in [1.54, 1.807) is 48.0 Å². The third-order valence-electron chi connectivity index (χ3n) is 4.47. The molecule has 0 radical (unpaired) electrons. The van der Waals surface area contributed by atoms with Gasteiger partial charge in [0.25, 0.3) is 5.91 Å². The van der Waals surface area contributed by atoms with Crippen molar-refractivity contribution in [2.24, 2.45) is 0 Å². The van der Waals surface area contributed by atoms with Crippen molar-refractivity contribution in [3.05, 3.63) is 77.3 Å². The molecule has 30 heavy (non-hydrogen) atoms. The minimum atomic E-state index is -0.219. The van der Waals surface area contributed by atoms with Crippen LogP contribution in [0.1, 0.15) is 33.3 Å². The van der Waals surface area contributed by atoms with E-state index in [9.17, 15) is 4.79 Å². The molecule has 0 saturated heterocycles. The van der Waals surface area contributed by atoms with E-state index in [-0.39, 0.29) is 5.91 Å². The van der Waals surface area contributed by atoms with E-state index in [0.717, 1.165) is 11.4 Å². The molecule has 1 aromatic carbocycles. The number of nitrogens with one attached hydrogen (secondary N) is 1. The smallest absolute Gasteiger partial charge is 0.259 e. The molecule has 0 aliphatic rings. The molecular weight excluding hydrogens is 382 g/mol. The first-order valence-corrected chi connectivity index (χ1v) is 9.41. The Kier molecular flexibility index (Phi) is 5.05. The molecule has 8 nitrogen and oxygen atoms in total. The highest BCUT2D eigenvalue weighted by molar-refractivity contribution is 6.05. The van der Waals surface area contributed by atoms with Crippen molar-refractivity contribution < 1.29 is 13.9 Å². The third kappa shape index (κ3) is 4.07. The summed E-state index contributed by atoms with van der Waals surface area (Å²) in [6.07, 6.45) is 1.44. The van der Waals surface area contributed by atoms with Gasteiger partial charge in [0, 0.05) is 17.4 Å². The van der Waals surface area contributed by atoms with E-state index in [0.29, 0.717) is 40.2 Å². The second-order valence-electron chi connectivity index (χ2n) is 6.96. The first kappa shape index (κ1) is 19.4. The monoisotopic (exact) mass is 403 g/mol. The molecule has 1 amide bonds. The van der Waals surface area contributed by atoms with Crippen LogP contribution in [0.3, 0.4) is 0 Å². The lowest BCUT2D eigenvalue weighted by molar-refractivity contribution is 0.102. The maximum atomic E-state index is 12.4. The molecule has 0 spiro atoms. The van der Waals surface area contributed by atoms with E-state index >= 15 is 0 Å². The summed E-state index contributed by atoms with van der Waals surface area (Å²) in [7, 11) is 0. The van der Waals surface area contributed by atoms with E-state index < -0.39 is 0 Å². The summed E-state index contributed by atoms with van der Waals surface area (Å²) in [5.74, 6) is 2.68. The highest BCUT2D eigenvalue weighted by Crippen LogP contribution is 2.23. The molecule has 3 heterocycles. The van der Waals surface area contributed by atoms with Crippen molar-refractivity contribution in [2.75, 3.05) is 5.32 Å². The van der Waals surface area contributed by atoms with Crippen LogP contribution < -0.4 is 10.1 Å². The van der Waals surface area contributed by atoms with Crippen LogP contribution in [0.5, 0.6) is 11.6 Å². The number of aromatic nitrogens is 4. The summed E-state index contributed by atoms with van der Waals surface area (Å²) >= 11 is 0. The lowest BCUT2D eigenvalue weighted by Crippen LogP contribution is -2.11. The largest absolute Gasteiger partial charge is 0.466 e. The van der Waals surface area contributed by atoms with Crippen LogP contribution in [0.25, 0.3) is 5.82 Å². The topological polar surface area (TPSA) is 95.1 Å². The minimum Gasteiger partial charge on any atom is -0.466 e. The number of benzene rings is 1. The fourth-order valence-electron chi connectivity index (χ4n) is 3.14. The van der Waals surface area contributed by atoms with Gasteiger partial charge < -0.3 is 14.5 Å². The predicted molar refractivity (Wildman–Crippen MR) is 111 cm³/mol. The zero-order chi connectivity index (χ0) is 21.3. The summed E-state index contributed by atoms with van der Waals surface area (Å²) in [5.41, 5.74) is 3.05. The zero-order valence-corrected chi connectivity index (χ0v) is 17.1. The van der Waals surface area contributed by atoms with E-state index in [1.165, 1.54) is 6.33 Å². The third-order valence-corrected chi connectivity index (χ3v) is 4.47. The van der Waals surface area contributed by atoms with Crippen molar-refractivity contribution >= 4 is 11.6 Å². The van der Waals surface area contributed by atoms with E-state index in [4.69, 9.17) is 9.15 Å². The number of aryl methyl sites for hydroxylation is 4. The normalized spacial score (nSPS) is 10.8. The minimum absolute atomic E-state index is 0.219.